The fraction of sp³-hybridized carbons (Fsp3) is 0.353. The van der Waals surface area contributed by atoms with E-state index in [1.165, 1.54) is 12.7 Å². The predicted molar refractivity (Wildman–Crippen MR) is 81.9 cm³/mol. The SMILES string of the molecule is CCNC(CCc1ccncc1)c1ccc(OC)c(F)c1. The van der Waals surface area contributed by atoms with E-state index in [0.29, 0.717) is 0 Å². The number of pyridine rings is 1. The number of methoxy groups -OCH3 is 1. The van der Waals surface area contributed by atoms with Crippen molar-refractivity contribution in [2.24, 2.45) is 0 Å². The molecular weight excluding hydrogens is 267 g/mol. The largest absolute Gasteiger partial charge is 0.494 e. The van der Waals surface area contributed by atoms with Crippen LogP contribution in [0.1, 0.15) is 30.5 Å². The Kier molecular flexibility index (Phi) is 5.69. The Morgan fingerprint density at radius 1 is 1.24 bits per heavy atom. The number of aryl methyl sites for hydroxylation is 1. The second-order valence-corrected chi connectivity index (χ2v) is 4.90. The number of nitrogens with zero attached hydrogens (tertiary/aromatic N) is 1. The zero-order valence-electron chi connectivity index (χ0n) is 12.5. The Bertz CT molecular complexity index is 560. The van der Waals surface area contributed by atoms with Gasteiger partial charge in [-0.2, -0.15) is 0 Å². The number of halogens is 1. The van der Waals surface area contributed by atoms with E-state index >= 15 is 0 Å². The fourth-order valence-electron chi connectivity index (χ4n) is 2.39. The molecule has 1 aromatic heterocycles. The number of nitrogens with one attached hydrogen (secondary N) is 1. The van der Waals surface area contributed by atoms with Gasteiger partial charge in [-0.15, -0.1) is 0 Å². The third kappa shape index (κ3) is 4.26. The van der Waals surface area contributed by atoms with Crippen LogP contribution in [-0.4, -0.2) is 18.6 Å². The van der Waals surface area contributed by atoms with E-state index in [1.54, 1.807) is 24.5 Å². The van der Waals surface area contributed by atoms with Crippen molar-refractivity contribution in [1.29, 1.82) is 0 Å². The van der Waals surface area contributed by atoms with Crippen molar-refractivity contribution in [3.8, 4) is 5.75 Å². The summed E-state index contributed by atoms with van der Waals surface area (Å²) in [5, 5.41) is 3.41. The minimum absolute atomic E-state index is 0.128. The highest BCUT2D eigenvalue weighted by molar-refractivity contribution is 5.31. The van der Waals surface area contributed by atoms with Gasteiger partial charge in [0.15, 0.2) is 11.6 Å². The number of hydrogen-bond acceptors (Lipinski definition) is 3. The Morgan fingerprint density at radius 3 is 2.62 bits per heavy atom. The van der Waals surface area contributed by atoms with Crippen molar-refractivity contribution in [1.82, 2.24) is 10.3 Å². The predicted octanol–water partition coefficient (Wildman–Crippen LogP) is 3.51. The average molecular weight is 288 g/mol. The minimum atomic E-state index is -0.318. The van der Waals surface area contributed by atoms with E-state index in [0.717, 1.165) is 24.9 Å². The zero-order valence-corrected chi connectivity index (χ0v) is 12.5. The zero-order chi connectivity index (χ0) is 15.1. The van der Waals surface area contributed by atoms with Gasteiger partial charge in [0.05, 0.1) is 7.11 Å². The molecule has 112 valence electrons. The summed E-state index contributed by atoms with van der Waals surface area (Å²) in [7, 11) is 1.48. The normalized spacial score (nSPS) is 12.1. The fourth-order valence-corrected chi connectivity index (χ4v) is 2.39. The molecule has 4 heteroatoms. The molecule has 0 spiro atoms. The topological polar surface area (TPSA) is 34.2 Å². The molecule has 2 rings (SSSR count). The highest BCUT2D eigenvalue weighted by Gasteiger charge is 2.13. The molecule has 0 aliphatic heterocycles. The van der Waals surface area contributed by atoms with E-state index in [9.17, 15) is 4.39 Å². The van der Waals surface area contributed by atoms with Crippen molar-refractivity contribution >= 4 is 0 Å². The van der Waals surface area contributed by atoms with Gasteiger partial charge in [0, 0.05) is 18.4 Å². The van der Waals surface area contributed by atoms with Crippen LogP contribution < -0.4 is 10.1 Å². The first-order valence-corrected chi connectivity index (χ1v) is 7.20. The molecular formula is C17H21FN2O. The van der Waals surface area contributed by atoms with Crippen LogP contribution in [0.4, 0.5) is 4.39 Å². The molecule has 0 saturated carbocycles. The first kappa shape index (κ1) is 15.4. The van der Waals surface area contributed by atoms with Crippen molar-refractivity contribution < 1.29 is 9.13 Å². The molecule has 2 aromatic rings. The van der Waals surface area contributed by atoms with Crippen LogP contribution in [-0.2, 0) is 6.42 Å². The van der Waals surface area contributed by atoms with Crippen molar-refractivity contribution in [2.75, 3.05) is 13.7 Å². The third-order valence-corrected chi connectivity index (χ3v) is 3.50. The van der Waals surface area contributed by atoms with Crippen LogP contribution >= 0.6 is 0 Å². The standard InChI is InChI=1S/C17H21FN2O/c1-3-20-16(6-4-13-8-10-19-11-9-13)14-5-7-17(21-2)15(18)12-14/h5,7-12,16,20H,3-4,6H2,1-2H3. The molecule has 0 fully saturated rings. The van der Waals surface area contributed by atoms with Gasteiger partial charge in [0.25, 0.3) is 0 Å². The van der Waals surface area contributed by atoms with Gasteiger partial charge < -0.3 is 10.1 Å². The molecule has 0 saturated heterocycles. The van der Waals surface area contributed by atoms with Crippen LogP contribution in [0, 0.1) is 5.82 Å². The Labute approximate surface area is 125 Å². The molecule has 0 bridgehead atoms. The van der Waals surface area contributed by atoms with Gasteiger partial charge in [0.2, 0.25) is 0 Å². The number of rotatable bonds is 7. The lowest BCUT2D eigenvalue weighted by molar-refractivity contribution is 0.385. The maximum Gasteiger partial charge on any atom is 0.165 e. The van der Waals surface area contributed by atoms with Crippen LogP contribution in [0.3, 0.4) is 0 Å². The van der Waals surface area contributed by atoms with Gasteiger partial charge >= 0.3 is 0 Å². The summed E-state index contributed by atoms with van der Waals surface area (Å²) in [6, 6.07) is 9.31. The number of benzene rings is 1. The quantitative estimate of drug-likeness (QED) is 0.846. The van der Waals surface area contributed by atoms with Gasteiger partial charge in [0.1, 0.15) is 0 Å². The number of aromatic nitrogens is 1. The van der Waals surface area contributed by atoms with Crippen molar-refractivity contribution in [3.63, 3.8) is 0 Å². The highest BCUT2D eigenvalue weighted by atomic mass is 19.1. The first-order valence-electron chi connectivity index (χ1n) is 7.20. The molecule has 1 aromatic carbocycles. The maximum absolute atomic E-state index is 13.9. The second kappa shape index (κ2) is 7.74. The maximum atomic E-state index is 13.9. The van der Waals surface area contributed by atoms with E-state index in [2.05, 4.69) is 17.2 Å². The van der Waals surface area contributed by atoms with Crippen LogP contribution in [0.15, 0.2) is 42.7 Å². The Balaban J connectivity index is 2.09. The molecule has 3 nitrogen and oxygen atoms in total. The molecule has 1 heterocycles. The average Bonchev–Trinajstić information content (AvgIpc) is 2.52. The van der Waals surface area contributed by atoms with E-state index < -0.39 is 0 Å². The van der Waals surface area contributed by atoms with Gasteiger partial charge in [-0.3, -0.25) is 4.98 Å². The first-order chi connectivity index (χ1) is 10.2. The van der Waals surface area contributed by atoms with Crippen LogP contribution in [0.5, 0.6) is 5.75 Å². The highest BCUT2D eigenvalue weighted by Crippen LogP contribution is 2.24. The summed E-state index contributed by atoms with van der Waals surface area (Å²) in [4.78, 5) is 4.02. The molecule has 1 atom stereocenters. The monoisotopic (exact) mass is 288 g/mol. The second-order valence-electron chi connectivity index (χ2n) is 4.90. The van der Waals surface area contributed by atoms with Crippen molar-refractivity contribution in [3.05, 3.63) is 59.7 Å². The molecule has 0 amide bonds. The lowest BCUT2D eigenvalue weighted by atomic mass is 9.99. The molecule has 1 N–H and O–H groups in total. The smallest absolute Gasteiger partial charge is 0.165 e. The summed E-state index contributed by atoms with van der Waals surface area (Å²) < 4.78 is 18.8. The minimum Gasteiger partial charge on any atom is -0.494 e. The summed E-state index contributed by atoms with van der Waals surface area (Å²) in [5.41, 5.74) is 2.19. The molecule has 21 heavy (non-hydrogen) atoms. The van der Waals surface area contributed by atoms with E-state index in [-0.39, 0.29) is 17.6 Å². The molecule has 0 aliphatic carbocycles. The summed E-state index contributed by atoms with van der Waals surface area (Å²) in [6.45, 7) is 2.90. The molecule has 0 radical (unpaired) electrons. The summed E-state index contributed by atoms with van der Waals surface area (Å²) in [5.74, 6) is -0.0371. The van der Waals surface area contributed by atoms with Crippen LogP contribution in [0.2, 0.25) is 0 Å². The number of hydrogen-bond donors (Lipinski definition) is 1. The molecule has 1 unspecified atom stereocenters. The lowest BCUT2D eigenvalue weighted by Crippen LogP contribution is -2.21. The summed E-state index contributed by atoms with van der Waals surface area (Å²) >= 11 is 0. The van der Waals surface area contributed by atoms with Crippen LogP contribution in [0.25, 0.3) is 0 Å². The van der Waals surface area contributed by atoms with E-state index in [1.807, 2.05) is 18.2 Å². The Morgan fingerprint density at radius 2 is 2.00 bits per heavy atom. The molecule has 0 aliphatic rings. The van der Waals surface area contributed by atoms with E-state index in [4.69, 9.17) is 4.74 Å². The Hall–Kier alpha value is -1.94. The third-order valence-electron chi connectivity index (χ3n) is 3.50. The summed E-state index contributed by atoms with van der Waals surface area (Å²) in [6.07, 6.45) is 5.42. The van der Waals surface area contributed by atoms with Gasteiger partial charge in [-0.05, 0) is 54.8 Å². The van der Waals surface area contributed by atoms with Gasteiger partial charge in [-0.25, -0.2) is 4.39 Å². The van der Waals surface area contributed by atoms with Gasteiger partial charge in [-0.1, -0.05) is 13.0 Å². The van der Waals surface area contributed by atoms with Crippen molar-refractivity contribution in [2.45, 2.75) is 25.8 Å². The number of ether oxygens (including phenoxy) is 1. The lowest BCUT2D eigenvalue weighted by Gasteiger charge is -2.19.